The smallest absolute Gasteiger partial charge is 0.241 e. The van der Waals surface area contributed by atoms with Gasteiger partial charge in [0.15, 0.2) is 0 Å². The maximum absolute atomic E-state index is 13.9. The summed E-state index contributed by atoms with van der Waals surface area (Å²) >= 11 is 0. The van der Waals surface area contributed by atoms with Crippen molar-refractivity contribution >= 4 is 29.1 Å². The van der Waals surface area contributed by atoms with Gasteiger partial charge in [-0.25, -0.2) is 9.29 Å². The monoisotopic (exact) mass is 485 g/mol. The van der Waals surface area contributed by atoms with Crippen molar-refractivity contribution in [3.05, 3.63) is 95.3 Å². The van der Waals surface area contributed by atoms with Crippen LogP contribution in [0.4, 0.5) is 10.1 Å². The predicted molar refractivity (Wildman–Crippen MR) is 125 cm³/mol. The fourth-order valence-electron chi connectivity index (χ4n) is 5.58. The predicted octanol–water partition coefficient (Wildman–Crippen LogP) is 3.92. The number of hydrogen-bond donors (Lipinski definition) is 0. The van der Waals surface area contributed by atoms with Gasteiger partial charge in [-0.15, -0.1) is 0 Å². The van der Waals surface area contributed by atoms with Crippen molar-refractivity contribution < 1.29 is 33.0 Å². The SMILES string of the molecule is CCOc1ccc(N2C(=O)[C@@H]3[C@@H](c4ccc(F)cc4)OC4(C(=O)c5ccccc5C4=O)[C@@H]3C2=O)cc1. The number of hydrogen-bond acceptors (Lipinski definition) is 6. The first-order chi connectivity index (χ1) is 17.4. The Bertz CT molecular complexity index is 1400. The van der Waals surface area contributed by atoms with E-state index in [2.05, 4.69) is 0 Å². The minimum atomic E-state index is -2.17. The standard InChI is InChI=1S/C28H20FNO6/c1-2-35-18-13-11-17(12-14-18)30-26(33)21-22(27(30)34)28(36-23(21)15-7-9-16(29)10-8-15)24(31)19-5-3-4-6-20(19)25(28)32/h3-14,21-23H,2H2,1H3/t21-,22-,23+/m0/s1. The van der Waals surface area contributed by atoms with Crippen molar-refractivity contribution in [2.45, 2.75) is 18.6 Å². The molecule has 0 bridgehead atoms. The van der Waals surface area contributed by atoms with Gasteiger partial charge in [-0.3, -0.25) is 19.2 Å². The number of halogens is 1. The molecule has 2 heterocycles. The Hall–Kier alpha value is -4.17. The van der Waals surface area contributed by atoms with Crippen molar-refractivity contribution in [1.29, 1.82) is 0 Å². The van der Waals surface area contributed by atoms with Crippen LogP contribution < -0.4 is 9.64 Å². The molecule has 0 unspecified atom stereocenters. The molecule has 0 radical (unpaired) electrons. The number of ether oxygens (including phenoxy) is 2. The average Bonchev–Trinajstić information content (AvgIpc) is 3.45. The van der Waals surface area contributed by atoms with Gasteiger partial charge in [-0.1, -0.05) is 36.4 Å². The second kappa shape index (κ2) is 7.93. The summed E-state index contributed by atoms with van der Waals surface area (Å²) in [5, 5.41) is 0. The molecule has 0 saturated carbocycles. The van der Waals surface area contributed by atoms with Crippen LogP contribution in [-0.4, -0.2) is 35.6 Å². The number of rotatable bonds is 4. The average molecular weight is 485 g/mol. The minimum absolute atomic E-state index is 0.153. The van der Waals surface area contributed by atoms with E-state index in [0.717, 1.165) is 4.90 Å². The first-order valence-corrected chi connectivity index (χ1v) is 11.6. The maximum Gasteiger partial charge on any atom is 0.241 e. The van der Waals surface area contributed by atoms with Crippen molar-refractivity contribution in [3.63, 3.8) is 0 Å². The molecular weight excluding hydrogens is 465 g/mol. The zero-order valence-electron chi connectivity index (χ0n) is 19.1. The number of amides is 2. The molecule has 3 aliphatic rings. The molecule has 3 aromatic rings. The van der Waals surface area contributed by atoms with E-state index in [4.69, 9.17) is 9.47 Å². The molecule has 6 rings (SSSR count). The molecular formula is C28H20FNO6. The third kappa shape index (κ3) is 2.88. The van der Waals surface area contributed by atoms with Gasteiger partial charge in [0.25, 0.3) is 0 Å². The van der Waals surface area contributed by atoms with Crippen LogP contribution in [0.15, 0.2) is 72.8 Å². The number of carbonyl (C=O) groups excluding carboxylic acids is 4. The number of benzene rings is 3. The van der Waals surface area contributed by atoms with Crippen molar-refractivity contribution in [3.8, 4) is 5.75 Å². The van der Waals surface area contributed by atoms with Crippen LogP contribution in [0.5, 0.6) is 5.75 Å². The molecule has 3 aromatic carbocycles. The van der Waals surface area contributed by atoms with Crippen LogP contribution in [0.3, 0.4) is 0 Å². The van der Waals surface area contributed by atoms with Crippen LogP contribution in [0, 0.1) is 17.7 Å². The third-order valence-corrected chi connectivity index (χ3v) is 7.12. The fraction of sp³-hybridized carbons (Fsp3) is 0.214. The number of carbonyl (C=O) groups is 4. The molecule has 2 fully saturated rings. The van der Waals surface area contributed by atoms with Crippen molar-refractivity contribution in [2.24, 2.45) is 11.8 Å². The van der Waals surface area contributed by atoms with E-state index < -0.39 is 52.7 Å². The number of Topliss-reactive ketones (excluding diaryl/α,β-unsaturated/α-hetero) is 2. The molecule has 0 aromatic heterocycles. The number of nitrogens with zero attached hydrogens (tertiary/aromatic N) is 1. The Balaban J connectivity index is 1.49. The minimum Gasteiger partial charge on any atom is -0.494 e. The molecule has 3 atom stereocenters. The van der Waals surface area contributed by atoms with Gasteiger partial charge in [0.2, 0.25) is 29.0 Å². The van der Waals surface area contributed by atoms with E-state index in [1.165, 1.54) is 36.4 Å². The van der Waals surface area contributed by atoms with Gasteiger partial charge in [0.05, 0.1) is 30.2 Å². The number of imide groups is 1. The molecule has 7 nitrogen and oxygen atoms in total. The van der Waals surface area contributed by atoms with Gasteiger partial charge in [-0.05, 0) is 48.9 Å². The van der Waals surface area contributed by atoms with E-state index in [0.29, 0.717) is 23.6 Å². The van der Waals surface area contributed by atoms with Crippen LogP contribution in [0.1, 0.15) is 39.3 Å². The fourth-order valence-corrected chi connectivity index (χ4v) is 5.58. The Labute approximate surface area is 205 Å². The molecule has 180 valence electrons. The largest absolute Gasteiger partial charge is 0.494 e. The number of anilines is 1. The van der Waals surface area contributed by atoms with Gasteiger partial charge in [-0.2, -0.15) is 0 Å². The van der Waals surface area contributed by atoms with Crippen LogP contribution in [0.25, 0.3) is 0 Å². The van der Waals surface area contributed by atoms with E-state index >= 15 is 0 Å². The Morgan fingerprint density at radius 2 is 1.47 bits per heavy atom. The zero-order chi connectivity index (χ0) is 25.2. The van der Waals surface area contributed by atoms with Crippen LogP contribution in [0.2, 0.25) is 0 Å². The maximum atomic E-state index is 13.9. The second-order valence-electron chi connectivity index (χ2n) is 8.97. The summed E-state index contributed by atoms with van der Waals surface area (Å²) in [6, 6.07) is 18.0. The van der Waals surface area contributed by atoms with E-state index in [-0.39, 0.29) is 11.1 Å². The first kappa shape index (κ1) is 22.3. The highest BCUT2D eigenvalue weighted by Crippen LogP contribution is 2.57. The highest BCUT2D eigenvalue weighted by Gasteiger charge is 2.74. The van der Waals surface area contributed by atoms with E-state index in [1.807, 2.05) is 6.92 Å². The summed E-state index contributed by atoms with van der Waals surface area (Å²) in [6.45, 7) is 2.29. The number of ketones is 2. The second-order valence-corrected chi connectivity index (χ2v) is 8.97. The lowest BCUT2D eigenvalue weighted by Gasteiger charge is -2.27. The lowest BCUT2D eigenvalue weighted by Crippen LogP contribution is -2.51. The van der Waals surface area contributed by atoms with Crippen LogP contribution >= 0.6 is 0 Å². The summed E-state index contributed by atoms with van der Waals surface area (Å²) in [6.07, 6.45) is -1.10. The topological polar surface area (TPSA) is 90.0 Å². The summed E-state index contributed by atoms with van der Waals surface area (Å²) in [7, 11) is 0. The number of fused-ring (bicyclic) bond motifs is 3. The lowest BCUT2D eigenvalue weighted by atomic mass is 9.77. The molecule has 8 heteroatoms. The van der Waals surface area contributed by atoms with Crippen molar-refractivity contribution in [1.82, 2.24) is 0 Å². The summed E-state index contributed by atoms with van der Waals surface area (Å²) in [5.74, 6) is -4.98. The molecule has 2 saturated heterocycles. The molecule has 2 aliphatic heterocycles. The Kier molecular flexibility index (Phi) is 4.91. The third-order valence-electron chi connectivity index (χ3n) is 7.12. The molecule has 0 N–H and O–H groups in total. The van der Waals surface area contributed by atoms with Crippen LogP contribution in [-0.2, 0) is 14.3 Å². The molecule has 1 spiro atoms. The lowest BCUT2D eigenvalue weighted by molar-refractivity contribution is -0.127. The molecule has 2 amide bonds. The summed E-state index contributed by atoms with van der Waals surface area (Å²) < 4.78 is 25.3. The zero-order valence-corrected chi connectivity index (χ0v) is 19.1. The van der Waals surface area contributed by atoms with Gasteiger partial charge in [0, 0.05) is 11.1 Å². The highest BCUT2D eigenvalue weighted by molar-refractivity contribution is 6.37. The molecule has 1 aliphatic carbocycles. The van der Waals surface area contributed by atoms with E-state index in [1.54, 1.807) is 36.4 Å². The van der Waals surface area contributed by atoms with Crippen molar-refractivity contribution in [2.75, 3.05) is 11.5 Å². The van der Waals surface area contributed by atoms with Gasteiger partial charge < -0.3 is 9.47 Å². The van der Waals surface area contributed by atoms with Gasteiger partial charge in [0.1, 0.15) is 11.6 Å². The molecule has 36 heavy (non-hydrogen) atoms. The quantitative estimate of drug-likeness (QED) is 0.411. The first-order valence-electron chi connectivity index (χ1n) is 11.6. The van der Waals surface area contributed by atoms with E-state index in [9.17, 15) is 23.6 Å². The summed E-state index contributed by atoms with van der Waals surface area (Å²) in [4.78, 5) is 56.1. The normalized spacial score (nSPS) is 23.9. The Morgan fingerprint density at radius 3 is 2.06 bits per heavy atom. The Morgan fingerprint density at radius 1 is 0.861 bits per heavy atom. The summed E-state index contributed by atoms with van der Waals surface area (Å²) in [5.41, 5.74) is -1.16. The highest BCUT2D eigenvalue weighted by atomic mass is 19.1. The van der Waals surface area contributed by atoms with Gasteiger partial charge >= 0.3 is 0 Å².